The van der Waals surface area contributed by atoms with Crippen LogP contribution in [0.5, 0.6) is 11.5 Å². The van der Waals surface area contributed by atoms with Gasteiger partial charge in [-0.2, -0.15) is 0 Å². The van der Waals surface area contributed by atoms with Crippen molar-refractivity contribution in [1.82, 2.24) is 0 Å². The van der Waals surface area contributed by atoms with Crippen molar-refractivity contribution >= 4 is 21.7 Å². The Labute approximate surface area is 135 Å². The zero-order valence-electron chi connectivity index (χ0n) is 13.8. The molecule has 1 heterocycles. The van der Waals surface area contributed by atoms with Crippen LogP contribution in [0.3, 0.4) is 0 Å². The molecule has 2 rings (SSSR count). The fourth-order valence-corrected chi connectivity index (χ4v) is 2.67. The molecular weight excluding hydrogens is 332 g/mol. The lowest BCUT2D eigenvalue weighted by molar-refractivity contribution is 0.0683. The van der Waals surface area contributed by atoms with Crippen LogP contribution in [0.4, 0.5) is 0 Å². The Morgan fingerprint density at radius 2 is 1.71 bits per heavy atom. The number of Topliss-reactive ketones (excluding diaryl/α,β-unsaturated/α-hetero) is 1. The minimum atomic E-state index is -0.794. The highest BCUT2D eigenvalue weighted by molar-refractivity contribution is 9.10. The summed E-state index contributed by atoms with van der Waals surface area (Å²) in [4.78, 5) is 12.6. The van der Waals surface area contributed by atoms with E-state index in [1.165, 1.54) is 0 Å². The van der Waals surface area contributed by atoms with E-state index >= 15 is 0 Å². The maximum atomic E-state index is 12.6. The van der Waals surface area contributed by atoms with Gasteiger partial charge in [-0.05, 0) is 59.6 Å². The van der Waals surface area contributed by atoms with Crippen molar-refractivity contribution in [3.63, 3.8) is 0 Å². The number of carbonyl (C=O) groups is 1. The fraction of sp³-hybridized carbons (Fsp3) is 0.588. The average Bonchev–Trinajstić information content (AvgIpc) is 2.57. The zero-order chi connectivity index (χ0) is 16.2. The summed E-state index contributed by atoms with van der Waals surface area (Å²) in [6.07, 6.45) is 0. The lowest BCUT2D eigenvalue weighted by Gasteiger charge is -2.21. The number of rotatable bonds is 3. The molecule has 0 saturated carbocycles. The van der Waals surface area contributed by atoms with Crippen molar-refractivity contribution in [3.05, 3.63) is 22.3 Å². The summed E-state index contributed by atoms with van der Waals surface area (Å²) in [5.41, 5.74) is 2.77. The normalized spacial score (nSPS) is 16.7. The van der Waals surface area contributed by atoms with Crippen LogP contribution in [0.25, 0.3) is 0 Å². The molecule has 0 aromatic heterocycles. The van der Waals surface area contributed by atoms with Gasteiger partial charge < -0.3 is 9.47 Å². The highest BCUT2D eigenvalue weighted by Gasteiger charge is 2.43. The van der Waals surface area contributed by atoms with Crippen molar-refractivity contribution in [2.75, 3.05) is 6.61 Å². The van der Waals surface area contributed by atoms with Crippen molar-refractivity contribution in [2.45, 2.75) is 58.4 Å². The zero-order valence-corrected chi connectivity index (χ0v) is 15.4. The van der Waals surface area contributed by atoms with Gasteiger partial charge in [0.2, 0.25) is 5.78 Å². The number of halogens is 1. The Balaban J connectivity index is 2.54. The quantitative estimate of drug-likeness (QED) is 0.748. The first-order valence-corrected chi connectivity index (χ1v) is 7.94. The summed E-state index contributed by atoms with van der Waals surface area (Å²) in [6.45, 7) is 14.2. The van der Waals surface area contributed by atoms with Gasteiger partial charge in [-0.1, -0.05) is 15.9 Å². The van der Waals surface area contributed by atoms with Gasteiger partial charge in [0.25, 0.3) is 0 Å². The molecule has 0 saturated heterocycles. The molecule has 0 N–H and O–H groups in total. The monoisotopic (exact) mass is 354 g/mol. The summed E-state index contributed by atoms with van der Waals surface area (Å²) in [5.74, 6) is 1.54. The predicted octanol–water partition coefficient (Wildman–Crippen LogP) is 4.52. The largest absolute Gasteiger partial charge is 0.492 e. The van der Waals surface area contributed by atoms with E-state index < -0.39 is 5.60 Å². The molecule has 3 nitrogen and oxygen atoms in total. The van der Waals surface area contributed by atoms with Gasteiger partial charge in [0.1, 0.15) is 18.1 Å². The summed E-state index contributed by atoms with van der Waals surface area (Å²) in [6, 6.07) is 0. The van der Waals surface area contributed by atoms with Gasteiger partial charge in [-0.15, -0.1) is 0 Å². The standard InChI is InChI=1S/C17H23BrO3/c1-9-10(2)14-12(15(19)17(6,7)21-14)11(3)13(9)20-8-16(4,5)18/h8H2,1-7H3. The molecule has 1 aromatic carbocycles. The predicted molar refractivity (Wildman–Crippen MR) is 88.2 cm³/mol. The second-order valence-electron chi connectivity index (χ2n) is 6.86. The highest BCUT2D eigenvalue weighted by Crippen LogP contribution is 2.45. The van der Waals surface area contributed by atoms with Gasteiger partial charge in [0.15, 0.2) is 5.60 Å². The topological polar surface area (TPSA) is 35.5 Å². The summed E-state index contributed by atoms with van der Waals surface area (Å²) >= 11 is 3.58. The minimum absolute atomic E-state index is 0.0288. The van der Waals surface area contributed by atoms with Gasteiger partial charge in [0, 0.05) is 5.56 Å². The maximum absolute atomic E-state index is 12.6. The molecule has 116 valence electrons. The first-order valence-electron chi connectivity index (χ1n) is 7.15. The molecule has 0 spiro atoms. The van der Waals surface area contributed by atoms with Gasteiger partial charge in [0.05, 0.1) is 9.89 Å². The smallest absolute Gasteiger partial charge is 0.209 e. The Kier molecular flexibility index (Phi) is 3.90. The molecule has 1 aliphatic heterocycles. The molecule has 21 heavy (non-hydrogen) atoms. The second kappa shape index (κ2) is 5.01. The third-order valence-electron chi connectivity index (χ3n) is 3.88. The van der Waals surface area contributed by atoms with Crippen LogP contribution in [0.1, 0.15) is 54.7 Å². The molecule has 0 amide bonds. The molecule has 4 heteroatoms. The number of benzene rings is 1. The van der Waals surface area contributed by atoms with Gasteiger partial charge >= 0.3 is 0 Å². The first kappa shape index (κ1) is 16.3. The molecule has 0 atom stereocenters. The van der Waals surface area contributed by atoms with Crippen molar-refractivity contribution < 1.29 is 14.3 Å². The van der Waals surface area contributed by atoms with E-state index in [1.807, 2.05) is 34.6 Å². The Morgan fingerprint density at radius 3 is 2.24 bits per heavy atom. The third-order valence-corrected chi connectivity index (χ3v) is 4.11. The van der Waals surface area contributed by atoms with Crippen molar-refractivity contribution in [3.8, 4) is 11.5 Å². The number of ether oxygens (including phenoxy) is 2. The molecule has 0 radical (unpaired) electrons. The van der Waals surface area contributed by atoms with Crippen LogP contribution in [0.2, 0.25) is 0 Å². The average molecular weight is 355 g/mol. The van der Waals surface area contributed by atoms with Crippen LogP contribution >= 0.6 is 15.9 Å². The lowest BCUT2D eigenvalue weighted by Crippen LogP contribution is -2.32. The van der Waals surface area contributed by atoms with E-state index in [-0.39, 0.29) is 10.1 Å². The van der Waals surface area contributed by atoms with E-state index in [2.05, 4.69) is 29.8 Å². The molecule has 0 fully saturated rings. The van der Waals surface area contributed by atoms with Gasteiger partial charge in [-0.25, -0.2) is 0 Å². The number of ketones is 1. The third kappa shape index (κ3) is 2.83. The number of alkyl halides is 1. The molecular formula is C17H23BrO3. The lowest BCUT2D eigenvalue weighted by atomic mass is 9.92. The Bertz CT molecular complexity index is 610. The van der Waals surface area contributed by atoms with Crippen molar-refractivity contribution in [1.29, 1.82) is 0 Å². The second-order valence-corrected chi connectivity index (χ2v) is 9.00. The van der Waals surface area contributed by atoms with E-state index in [0.717, 1.165) is 22.4 Å². The number of hydrogen-bond acceptors (Lipinski definition) is 3. The SMILES string of the molecule is Cc1c(C)c2c(c(C)c1OCC(C)(C)Br)C(=O)C(C)(C)O2. The molecule has 0 unspecified atom stereocenters. The molecule has 0 bridgehead atoms. The Morgan fingerprint density at radius 1 is 1.14 bits per heavy atom. The number of carbonyl (C=O) groups excluding carboxylic acids is 1. The number of fused-ring (bicyclic) bond motifs is 1. The molecule has 0 aliphatic carbocycles. The van der Waals surface area contributed by atoms with E-state index in [1.54, 1.807) is 0 Å². The molecule has 1 aliphatic rings. The molecule has 1 aromatic rings. The summed E-state index contributed by atoms with van der Waals surface area (Å²) in [7, 11) is 0. The summed E-state index contributed by atoms with van der Waals surface area (Å²) in [5, 5.41) is 0. The van der Waals surface area contributed by atoms with E-state index in [9.17, 15) is 4.79 Å². The van der Waals surface area contributed by atoms with Gasteiger partial charge in [-0.3, -0.25) is 4.79 Å². The number of hydrogen-bond donors (Lipinski definition) is 0. The summed E-state index contributed by atoms with van der Waals surface area (Å²) < 4.78 is 11.8. The highest BCUT2D eigenvalue weighted by atomic mass is 79.9. The van der Waals surface area contributed by atoms with Crippen LogP contribution in [-0.4, -0.2) is 22.3 Å². The van der Waals surface area contributed by atoms with Crippen LogP contribution in [0, 0.1) is 20.8 Å². The maximum Gasteiger partial charge on any atom is 0.209 e. The van der Waals surface area contributed by atoms with Crippen LogP contribution in [-0.2, 0) is 0 Å². The first-order chi connectivity index (χ1) is 9.46. The Hall–Kier alpha value is -1.03. The fourth-order valence-electron chi connectivity index (χ4n) is 2.56. The van der Waals surface area contributed by atoms with E-state index in [0.29, 0.717) is 17.9 Å². The van der Waals surface area contributed by atoms with Crippen LogP contribution in [0.15, 0.2) is 0 Å². The van der Waals surface area contributed by atoms with Crippen LogP contribution < -0.4 is 9.47 Å². The van der Waals surface area contributed by atoms with Crippen molar-refractivity contribution in [2.24, 2.45) is 0 Å². The minimum Gasteiger partial charge on any atom is -0.492 e. The van der Waals surface area contributed by atoms with E-state index in [4.69, 9.17) is 9.47 Å².